The van der Waals surface area contributed by atoms with Gasteiger partial charge in [-0.2, -0.15) is 0 Å². The van der Waals surface area contributed by atoms with Crippen molar-refractivity contribution < 1.29 is 9.90 Å². The monoisotopic (exact) mass is 308 g/mol. The number of anilines is 1. The fourth-order valence-electron chi connectivity index (χ4n) is 4.17. The van der Waals surface area contributed by atoms with E-state index in [0.29, 0.717) is 13.0 Å². The Labute approximate surface area is 135 Å². The summed E-state index contributed by atoms with van der Waals surface area (Å²) >= 11 is 0. The van der Waals surface area contributed by atoms with Gasteiger partial charge in [-0.15, -0.1) is 0 Å². The molecule has 4 nitrogen and oxygen atoms in total. The van der Waals surface area contributed by atoms with Gasteiger partial charge in [-0.05, 0) is 29.2 Å². The predicted molar refractivity (Wildman–Crippen MR) is 89.1 cm³/mol. The van der Waals surface area contributed by atoms with Crippen molar-refractivity contribution in [3.8, 4) is 0 Å². The van der Waals surface area contributed by atoms with Crippen LogP contribution in [-0.2, 0) is 16.9 Å². The van der Waals surface area contributed by atoms with Crippen LogP contribution in [0.3, 0.4) is 0 Å². The van der Waals surface area contributed by atoms with Gasteiger partial charge in [0.1, 0.15) is 0 Å². The molecule has 2 aliphatic heterocycles. The van der Waals surface area contributed by atoms with E-state index in [4.69, 9.17) is 0 Å². The molecule has 2 heterocycles. The molecule has 0 radical (unpaired) electrons. The van der Waals surface area contributed by atoms with Crippen molar-refractivity contribution in [2.45, 2.75) is 30.9 Å². The third-order valence-corrected chi connectivity index (χ3v) is 5.19. The van der Waals surface area contributed by atoms with Crippen LogP contribution in [0.2, 0.25) is 0 Å². The third kappa shape index (κ3) is 2.13. The molecule has 2 atom stereocenters. The van der Waals surface area contributed by atoms with E-state index < -0.39 is 0 Å². The topological polar surface area (TPSA) is 61.4 Å². The highest BCUT2D eigenvalue weighted by atomic mass is 16.3. The Morgan fingerprint density at radius 2 is 1.91 bits per heavy atom. The van der Waals surface area contributed by atoms with E-state index in [1.165, 1.54) is 5.56 Å². The summed E-state index contributed by atoms with van der Waals surface area (Å²) in [6.07, 6.45) is 1.26. The van der Waals surface area contributed by atoms with E-state index in [9.17, 15) is 9.90 Å². The minimum absolute atomic E-state index is 0.00401. The highest BCUT2D eigenvalue weighted by Crippen LogP contribution is 2.53. The van der Waals surface area contributed by atoms with E-state index in [0.717, 1.165) is 23.2 Å². The highest BCUT2D eigenvalue weighted by Gasteiger charge is 2.49. The zero-order valence-electron chi connectivity index (χ0n) is 12.9. The van der Waals surface area contributed by atoms with Gasteiger partial charge in [0.15, 0.2) is 0 Å². The van der Waals surface area contributed by atoms with Crippen molar-refractivity contribution in [3.63, 3.8) is 0 Å². The summed E-state index contributed by atoms with van der Waals surface area (Å²) < 4.78 is 0. The van der Waals surface area contributed by atoms with Gasteiger partial charge in [-0.25, -0.2) is 0 Å². The second-order valence-electron chi connectivity index (χ2n) is 6.36. The molecule has 3 N–H and O–H groups in total. The Bertz CT molecular complexity index is 759. The number of nitrogens with one attached hydrogen (secondary N) is 2. The van der Waals surface area contributed by atoms with Crippen LogP contribution in [-0.4, -0.2) is 17.6 Å². The molecule has 23 heavy (non-hydrogen) atoms. The molecular formula is C19H20N2O2. The maximum atomic E-state index is 12.2. The predicted octanol–water partition coefficient (Wildman–Crippen LogP) is 2.49. The lowest BCUT2D eigenvalue weighted by Gasteiger charge is -2.36. The van der Waals surface area contributed by atoms with Crippen LogP contribution in [0.1, 0.15) is 35.4 Å². The second kappa shape index (κ2) is 5.39. The van der Waals surface area contributed by atoms with E-state index in [1.54, 1.807) is 0 Å². The second-order valence-corrected chi connectivity index (χ2v) is 6.36. The first kappa shape index (κ1) is 14.3. The standard InChI is InChI=1S/C19H20N2O2/c22-12-13-5-1-3-7-15(13)19-9-10-20-18(23)11-16(19)14-6-2-4-8-17(14)21-19/h1-8,16,21-22H,9-12H2,(H,20,23)/t16-,19+/m1/s1. The number of hydrogen-bond donors (Lipinski definition) is 3. The molecular weight excluding hydrogens is 288 g/mol. The van der Waals surface area contributed by atoms with Crippen molar-refractivity contribution in [2.75, 3.05) is 11.9 Å². The van der Waals surface area contributed by atoms with Crippen LogP contribution in [0.5, 0.6) is 0 Å². The molecule has 0 aromatic heterocycles. The maximum absolute atomic E-state index is 12.2. The summed E-state index contributed by atoms with van der Waals surface area (Å²) in [6, 6.07) is 16.2. The van der Waals surface area contributed by atoms with Crippen LogP contribution in [0.25, 0.3) is 0 Å². The van der Waals surface area contributed by atoms with Gasteiger partial charge in [0.05, 0.1) is 12.1 Å². The lowest BCUT2D eigenvalue weighted by atomic mass is 9.73. The van der Waals surface area contributed by atoms with Crippen LogP contribution < -0.4 is 10.6 Å². The summed E-state index contributed by atoms with van der Waals surface area (Å²) in [4.78, 5) is 12.2. The largest absolute Gasteiger partial charge is 0.392 e. The SMILES string of the molecule is O=C1C[C@@H]2c3ccccc3N[C@]2(c2ccccc2CO)CCN1. The van der Waals surface area contributed by atoms with E-state index in [-0.39, 0.29) is 24.0 Å². The van der Waals surface area contributed by atoms with E-state index >= 15 is 0 Å². The zero-order valence-corrected chi connectivity index (χ0v) is 12.9. The quantitative estimate of drug-likeness (QED) is 0.799. The first-order valence-electron chi connectivity index (χ1n) is 8.07. The summed E-state index contributed by atoms with van der Waals surface area (Å²) in [5.41, 5.74) is 3.96. The van der Waals surface area contributed by atoms with Crippen molar-refractivity contribution in [3.05, 3.63) is 65.2 Å². The fraction of sp³-hybridized carbons (Fsp3) is 0.316. The lowest BCUT2D eigenvalue weighted by molar-refractivity contribution is -0.121. The Hall–Kier alpha value is -2.33. The number of para-hydroxylation sites is 1. The minimum Gasteiger partial charge on any atom is -0.392 e. The molecule has 4 heteroatoms. The molecule has 118 valence electrons. The molecule has 2 aromatic rings. The molecule has 0 bridgehead atoms. The van der Waals surface area contributed by atoms with Crippen molar-refractivity contribution in [1.29, 1.82) is 0 Å². The van der Waals surface area contributed by atoms with Crippen molar-refractivity contribution >= 4 is 11.6 Å². The molecule has 0 aliphatic carbocycles. The molecule has 0 saturated carbocycles. The smallest absolute Gasteiger partial charge is 0.220 e. The Balaban J connectivity index is 1.92. The van der Waals surface area contributed by atoms with Crippen molar-refractivity contribution in [1.82, 2.24) is 5.32 Å². The summed E-state index contributed by atoms with van der Waals surface area (Å²) in [5.74, 6) is 0.172. The van der Waals surface area contributed by atoms with E-state index in [1.807, 2.05) is 30.3 Å². The fourth-order valence-corrected chi connectivity index (χ4v) is 4.17. The Morgan fingerprint density at radius 1 is 1.13 bits per heavy atom. The average Bonchev–Trinajstić information content (AvgIpc) is 2.79. The molecule has 1 saturated heterocycles. The van der Waals surface area contributed by atoms with Gasteiger partial charge in [0.2, 0.25) is 5.91 Å². The number of aliphatic hydroxyl groups excluding tert-OH is 1. The average molecular weight is 308 g/mol. The highest BCUT2D eigenvalue weighted by molar-refractivity contribution is 5.80. The zero-order chi connectivity index (χ0) is 15.9. The number of fused-ring (bicyclic) bond motifs is 3. The Kier molecular flexibility index (Phi) is 3.34. The van der Waals surface area contributed by atoms with Gasteiger partial charge >= 0.3 is 0 Å². The van der Waals surface area contributed by atoms with Gasteiger partial charge < -0.3 is 15.7 Å². The molecule has 2 aliphatic rings. The molecule has 0 spiro atoms. The first-order chi connectivity index (χ1) is 11.2. The van der Waals surface area contributed by atoms with Gasteiger partial charge in [0.25, 0.3) is 0 Å². The van der Waals surface area contributed by atoms with Gasteiger partial charge in [-0.1, -0.05) is 42.5 Å². The normalized spacial score (nSPS) is 25.8. The molecule has 1 amide bonds. The number of aliphatic hydroxyl groups is 1. The van der Waals surface area contributed by atoms with Gasteiger partial charge in [-0.3, -0.25) is 4.79 Å². The van der Waals surface area contributed by atoms with Crippen LogP contribution in [0.4, 0.5) is 5.69 Å². The number of hydrogen-bond acceptors (Lipinski definition) is 3. The number of carbonyl (C=O) groups excluding carboxylic acids is 1. The molecule has 4 rings (SSSR count). The number of rotatable bonds is 2. The Morgan fingerprint density at radius 3 is 2.78 bits per heavy atom. The molecule has 1 fully saturated rings. The number of amides is 1. The summed E-state index contributed by atoms with van der Waals surface area (Å²) in [5, 5.41) is 16.5. The van der Waals surface area contributed by atoms with Crippen molar-refractivity contribution in [2.24, 2.45) is 0 Å². The van der Waals surface area contributed by atoms with Gasteiger partial charge in [0, 0.05) is 24.6 Å². The maximum Gasteiger partial charge on any atom is 0.220 e. The molecule has 0 unspecified atom stereocenters. The number of benzene rings is 2. The summed E-state index contributed by atoms with van der Waals surface area (Å²) in [7, 11) is 0. The van der Waals surface area contributed by atoms with Crippen LogP contribution >= 0.6 is 0 Å². The first-order valence-corrected chi connectivity index (χ1v) is 8.07. The van der Waals surface area contributed by atoms with Crippen LogP contribution in [0, 0.1) is 0 Å². The molecule has 2 aromatic carbocycles. The van der Waals surface area contributed by atoms with E-state index in [2.05, 4.69) is 28.8 Å². The third-order valence-electron chi connectivity index (χ3n) is 5.19. The van der Waals surface area contributed by atoms with Crippen LogP contribution in [0.15, 0.2) is 48.5 Å². The number of carbonyl (C=O) groups is 1. The lowest BCUT2D eigenvalue weighted by Crippen LogP contribution is -2.38. The summed E-state index contributed by atoms with van der Waals surface area (Å²) in [6.45, 7) is 0.639. The minimum atomic E-state index is -0.345.